The predicted octanol–water partition coefficient (Wildman–Crippen LogP) is 1.83. The lowest BCUT2D eigenvalue weighted by atomic mass is 10.1. The van der Waals surface area contributed by atoms with Crippen LogP contribution in [0.15, 0.2) is 28.8 Å². The van der Waals surface area contributed by atoms with Crippen LogP contribution in [0.25, 0.3) is 11.3 Å². The largest absolute Gasteiger partial charge is 0.496 e. The van der Waals surface area contributed by atoms with Crippen molar-refractivity contribution in [3.63, 3.8) is 0 Å². The van der Waals surface area contributed by atoms with Gasteiger partial charge in [-0.05, 0) is 12.1 Å². The zero-order valence-corrected chi connectivity index (χ0v) is 13.1. The van der Waals surface area contributed by atoms with Gasteiger partial charge in [0.15, 0.2) is 11.5 Å². The van der Waals surface area contributed by atoms with E-state index in [1.165, 1.54) is 0 Å². The maximum atomic E-state index is 12.4. The molecule has 1 aliphatic rings. The number of aromatic nitrogens is 1. The first-order valence-electron chi connectivity index (χ1n) is 7.29. The van der Waals surface area contributed by atoms with E-state index in [2.05, 4.69) is 5.16 Å². The maximum Gasteiger partial charge on any atom is 0.276 e. The molecule has 0 saturated carbocycles. The second-order valence-electron chi connectivity index (χ2n) is 5.02. The molecule has 1 saturated heterocycles. The molecule has 0 N–H and O–H groups in total. The highest BCUT2D eigenvalue weighted by molar-refractivity contribution is 5.93. The van der Waals surface area contributed by atoms with Gasteiger partial charge in [-0.15, -0.1) is 0 Å². The van der Waals surface area contributed by atoms with Gasteiger partial charge in [-0.1, -0.05) is 11.2 Å². The fraction of sp³-hybridized carbons (Fsp3) is 0.375. The zero-order chi connectivity index (χ0) is 16.2. The van der Waals surface area contributed by atoms with Crippen LogP contribution < -0.4 is 9.47 Å². The van der Waals surface area contributed by atoms with E-state index in [1.807, 2.05) is 6.07 Å². The van der Waals surface area contributed by atoms with Crippen molar-refractivity contribution < 1.29 is 23.5 Å². The third kappa shape index (κ3) is 3.00. The molecule has 1 aromatic heterocycles. The third-order valence-electron chi connectivity index (χ3n) is 3.70. The Kier molecular flexibility index (Phi) is 4.47. The normalized spacial score (nSPS) is 14.6. The first-order valence-corrected chi connectivity index (χ1v) is 7.29. The van der Waals surface area contributed by atoms with Crippen LogP contribution in [0, 0.1) is 0 Å². The number of hydrogen-bond acceptors (Lipinski definition) is 6. The minimum Gasteiger partial charge on any atom is -0.496 e. The summed E-state index contributed by atoms with van der Waals surface area (Å²) in [6, 6.07) is 7.02. The van der Waals surface area contributed by atoms with Crippen LogP contribution in [0.4, 0.5) is 0 Å². The van der Waals surface area contributed by atoms with E-state index in [0.29, 0.717) is 49.1 Å². The monoisotopic (exact) mass is 318 g/mol. The maximum absolute atomic E-state index is 12.4. The Morgan fingerprint density at radius 1 is 1.17 bits per heavy atom. The summed E-state index contributed by atoms with van der Waals surface area (Å²) in [5.74, 6) is 1.44. The SMILES string of the molecule is COc1cccc(OC)c1-c1cc(C(=O)N2CCOCC2)no1. The van der Waals surface area contributed by atoms with E-state index >= 15 is 0 Å². The van der Waals surface area contributed by atoms with Crippen molar-refractivity contribution >= 4 is 5.91 Å². The standard InChI is InChI=1S/C16H18N2O5/c1-20-12-4-3-5-13(21-2)15(12)14-10-11(17-23-14)16(19)18-6-8-22-9-7-18/h3-5,10H,6-9H2,1-2H3. The summed E-state index contributed by atoms with van der Waals surface area (Å²) in [6.07, 6.45) is 0. The Labute approximate surface area is 133 Å². The number of amides is 1. The van der Waals surface area contributed by atoms with Crippen LogP contribution in [0.2, 0.25) is 0 Å². The molecule has 122 valence electrons. The Balaban J connectivity index is 1.91. The second-order valence-corrected chi connectivity index (χ2v) is 5.02. The number of carbonyl (C=O) groups excluding carboxylic acids is 1. The molecular formula is C16H18N2O5. The molecule has 23 heavy (non-hydrogen) atoms. The Bertz CT molecular complexity index is 669. The molecule has 0 aliphatic carbocycles. The van der Waals surface area contributed by atoms with Crippen LogP contribution in [0.3, 0.4) is 0 Å². The predicted molar refractivity (Wildman–Crippen MR) is 81.8 cm³/mol. The van der Waals surface area contributed by atoms with Crippen LogP contribution in [0.5, 0.6) is 11.5 Å². The summed E-state index contributed by atoms with van der Waals surface area (Å²) < 4.78 is 21.3. The fourth-order valence-corrected chi connectivity index (χ4v) is 2.52. The summed E-state index contributed by atoms with van der Waals surface area (Å²) in [5.41, 5.74) is 0.890. The topological polar surface area (TPSA) is 74.0 Å². The van der Waals surface area contributed by atoms with Crippen molar-refractivity contribution in [1.29, 1.82) is 0 Å². The Morgan fingerprint density at radius 2 is 1.83 bits per heavy atom. The number of methoxy groups -OCH3 is 2. The Morgan fingerprint density at radius 3 is 2.43 bits per heavy atom. The van der Waals surface area contributed by atoms with Crippen LogP contribution in [-0.4, -0.2) is 56.5 Å². The molecular weight excluding hydrogens is 300 g/mol. The summed E-state index contributed by atoms with van der Waals surface area (Å²) in [7, 11) is 3.13. The van der Waals surface area contributed by atoms with Gasteiger partial charge in [0, 0.05) is 19.2 Å². The van der Waals surface area contributed by atoms with E-state index in [0.717, 1.165) is 0 Å². The van der Waals surface area contributed by atoms with Crippen LogP contribution in [-0.2, 0) is 4.74 Å². The van der Waals surface area contributed by atoms with Gasteiger partial charge in [-0.25, -0.2) is 0 Å². The number of hydrogen-bond donors (Lipinski definition) is 0. The first kappa shape index (κ1) is 15.4. The van der Waals surface area contributed by atoms with E-state index in [4.69, 9.17) is 18.7 Å². The Hall–Kier alpha value is -2.54. The summed E-state index contributed by atoms with van der Waals surface area (Å²) >= 11 is 0. The smallest absolute Gasteiger partial charge is 0.276 e. The molecule has 7 nitrogen and oxygen atoms in total. The highest BCUT2D eigenvalue weighted by atomic mass is 16.5. The number of carbonyl (C=O) groups is 1. The molecule has 0 spiro atoms. The van der Waals surface area contributed by atoms with Gasteiger partial charge in [0.1, 0.15) is 17.1 Å². The van der Waals surface area contributed by atoms with E-state index in [9.17, 15) is 4.79 Å². The number of morpholine rings is 1. The molecule has 2 heterocycles. The molecule has 1 aliphatic heterocycles. The van der Waals surface area contributed by atoms with Crippen LogP contribution in [0.1, 0.15) is 10.5 Å². The number of benzene rings is 1. The third-order valence-corrected chi connectivity index (χ3v) is 3.70. The summed E-state index contributed by atoms with van der Waals surface area (Å²) in [6.45, 7) is 2.19. The van der Waals surface area contributed by atoms with Gasteiger partial charge in [0.05, 0.1) is 27.4 Å². The summed E-state index contributed by atoms with van der Waals surface area (Å²) in [5, 5.41) is 3.90. The van der Waals surface area contributed by atoms with E-state index in [1.54, 1.807) is 37.3 Å². The van der Waals surface area contributed by atoms with Gasteiger partial charge in [-0.2, -0.15) is 0 Å². The van der Waals surface area contributed by atoms with E-state index in [-0.39, 0.29) is 11.6 Å². The average molecular weight is 318 g/mol. The molecule has 0 radical (unpaired) electrons. The van der Waals surface area contributed by atoms with E-state index < -0.39 is 0 Å². The molecule has 3 rings (SSSR count). The molecule has 1 amide bonds. The van der Waals surface area contributed by atoms with Gasteiger partial charge in [-0.3, -0.25) is 4.79 Å². The number of rotatable bonds is 4. The molecule has 1 aromatic carbocycles. The summed E-state index contributed by atoms with van der Waals surface area (Å²) in [4.78, 5) is 14.1. The molecule has 2 aromatic rings. The van der Waals surface area contributed by atoms with Crippen molar-refractivity contribution in [2.24, 2.45) is 0 Å². The van der Waals surface area contributed by atoms with Crippen molar-refractivity contribution in [3.8, 4) is 22.8 Å². The minimum absolute atomic E-state index is 0.169. The lowest BCUT2D eigenvalue weighted by molar-refractivity contribution is 0.0296. The lowest BCUT2D eigenvalue weighted by Gasteiger charge is -2.25. The molecule has 7 heteroatoms. The van der Waals surface area contributed by atoms with Crippen molar-refractivity contribution in [3.05, 3.63) is 30.0 Å². The van der Waals surface area contributed by atoms with Gasteiger partial charge < -0.3 is 23.6 Å². The first-order chi connectivity index (χ1) is 11.2. The van der Waals surface area contributed by atoms with Crippen LogP contribution >= 0.6 is 0 Å². The van der Waals surface area contributed by atoms with Crippen molar-refractivity contribution in [1.82, 2.24) is 10.1 Å². The number of ether oxygens (including phenoxy) is 3. The highest BCUT2D eigenvalue weighted by Gasteiger charge is 2.24. The highest BCUT2D eigenvalue weighted by Crippen LogP contribution is 2.38. The lowest BCUT2D eigenvalue weighted by Crippen LogP contribution is -2.40. The second kappa shape index (κ2) is 6.70. The van der Waals surface area contributed by atoms with Gasteiger partial charge in [0.2, 0.25) is 0 Å². The molecule has 0 atom stereocenters. The average Bonchev–Trinajstić information content (AvgIpc) is 3.10. The van der Waals surface area contributed by atoms with Gasteiger partial charge in [0.25, 0.3) is 5.91 Å². The van der Waals surface area contributed by atoms with Crippen molar-refractivity contribution in [2.75, 3.05) is 40.5 Å². The fourth-order valence-electron chi connectivity index (χ4n) is 2.52. The quantitative estimate of drug-likeness (QED) is 0.856. The zero-order valence-electron chi connectivity index (χ0n) is 13.1. The molecule has 0 unspecified atom stereocenters. The molecule has 1 fully saturated rings. The molecule has 0 bridgehead atoms. The minimum atomic E-state index is -0.169. The van der Waals surface area contributed by atoms with Gasteiger partial charge >= 0.3 is 0 Å². The number of nitrogens with zero attached hydrogens (tertiary/aromatic N) is 2. The van der Waals surface area contributed by atoms with Crippen molar-refractivity contribution in [2.45, 2.75) is 0 Å².